The summed E-state index contributed by atoms with van der Waals surface area (Å²) in [5, 5.41) is 0. The summed E-state index contributed by atoms with van der Waals surface area (Å²) in [4.78, 5) is 12.3. The van der Waals surface area contributed by atoms with Gasteiger partial charge in [0.1, 0.15) is 11.1 Å². The molecule has 5 heteroatoms. The molecule has 2 atom stereocenters. The van der Waals surface area contributed by atoms with Gasteiger partial charge in [-0.3, -0.25) is 4.79 Å². The molecular formula is C18H22Cl2O3. The lowest BCUT2D eigenvalue weighted by molar-refractivity contribution is -0.147. The minimum atomic E-state index is -0.206. The van der Waals surface area contributed by atoms with E-state index in [9.17, 15) is 4.79 Å². The highest BCUT2D eigenvalue weighted by molar-refractivity contribution is 6.55. The fourth-order valence-corrected chi connectivity index (χ4v) is 3.29. The van der Waals surface area contributed by atoms with E-state index in [1.165, 1.54) is 0 Å². The monoisotopic (exact) mass is 356 g/mol. The van der Waals surface area contributed by atoms with E-state index in [0.29, 0.717) is 6.61 Å². The highest BCUT2D eigenvalue weighted by atomic mass is 35.5. The third kappa shape index (κ3) is 4.09. The molecule has 3 nitrogen and oxygen atoms in total. The number of allylic oxidation sites excluding steroid dienone is 1. The van der Waals surface area contributed by atoms with E-state index in [2.05, 4.69) is 0 Å². The Kier molecular flexibility index (Phi) is 5.77. The van der Waals surface area contributed by atoms with E-state index >= 15 is 0 Å². The fraction of sp³-hybridized carbons (Fsp3) is 0.500. The molecule has 2 rings (SSSR count). The Morgan fingerprint density at radius 1 is 1.26 bits per heavy atom. The van der Waals surface area contributed by atoms with Crippen LogP contribution in [-0.4, -0.2) is 13.1 Å². The van der Waals surface area contributed by atoms with Crippen LogP contribution in [0.1, 0.15) is 30.5 Å². The fourth-order valence-electron chi connectivity index (χ4n) is 3.02. The van der Waals surface area contributed by atoms with Gasteiger partial charge in [-0.2, -0.15) is 0 Å². The highest BCUT2D eigenvalue weighted by Gasteiger charge is 2.61. The van der Waals surface area contributed by atoms with Crippen molar-refractivity contribution in [3.63, 3.8) is 0 Å². The number of methoxy groups -OCH3 is 1. The van der Waals surface area contributed by atoms with E-state index in [0.717, 1.165) is 16.7 Å². The molecule has 23 heavy (non-hydrogen) atoms. The first-order valence-corrected chi connectivity index (χ1v) is 8.30. The summed E-state index contributed by atoms with van der Waals surface area (Å²) in [5.41, 5.74) is 3.02. The Morgan fingerprint density at radius 3 is 2.43 bits per heavy atom. The number of carbonyl (C=O) groups is 1. The third-order valence-corrected chi connectivity index (χ3v) is 4.95. The summed E-state index contributed by atoms with van der Waals surface area (Å²) < 4.78 is 10.9. The molecule has 0 amide bonds. The number of rotatable bonds is 6. The smallest absolute Gasteiger partial charge is 0.310 e. The van der Waals surface area contributed by atoms with Crippen molar-refractivity contribution in [2.45, 2.75) is 34.0 Å². The Hall–Kier alpha value is -1.03. The molecule has 0 N–H and O–H groups in total. The van der Waals surface area contributed by atoms with Crippen LogP contribution in [0.3, 0.4) is 0 Å². The lowest BCUT2D eigenvalue weighted by Gasteiger charge is -2.11. The van der Waals surface area contributed by atoms with Crippen LogP contribution in [0.5, 0.6) is 0 Å². The predicted molar refractivity (Wildman–Crippen MR) is 92.2 cm³/mol. The molecule has 0 unspecified atom stereocenters. The van der Waals surface area contributed by atoms with Crippen molar-refractivity contribution in [1.82, 2.24) is 0 Å². The van der Waals surface area contributed by atoms with Gasteiger partial charge in [-0.1, -0.05) is 55.2 Å². The average Bonchev–Trinajstić information content (AvgIpc) is 3.00. The standard InChI is InChI=1S/C18H22Cl2O3/c1-11-12(9-22-4)6-5-7-13(11)10-23-17(21)16-14(8-15(19)20)18(16,2)3/h5-8,14,16H,9-10H2,1-4H3/t14-,16+/m1/s1. The molecule has 1 aliphatic rings. The molecule has 0 radical (unpaired) electrons. The predicted octanol–water partition coefficient (Wildman–Crippen LogP) is 4.78. The van der Waals surface area contributed by atoms with Crippen molar-refractivity contribution in [3.8, 4) is 0 Å². The Balaban J connectivity index is 2.01. The van der Waals surface area contributed by atoms with Crippen LogP contribution in [0, 0.1) is 24.2 Å². The second kappa shape index (κ2) is 7.25. The van der Waals surface area contributed by atoms with Gasteiger partial charge in [0.05, 0.1) is 12.5 Å². The second-order valence-corrected chi connectivity index (χ2v) is 7.53. The van der Waals surface area contributed by atoms with E-state index in [-0.39, 0.29) is 34.3 Å². The van der Waals surface area contributed by atoms with Gasteiger partial charge < -0.3 is 9.47 Å². The number of carbonyl (C=O) groups excluding carboxylic acids is 1. The first kappa shape index (κ1) is 18.3. The lowest BCUT2D eigenvalue weighted by atomic mass is 10.0. The zero-order valence-electron chi connectivity index (χ0n) is 13.9. The van der Waals surface area contributed by atoms with Gasteiger partial charge >= 0.3 is 5.97 Å². The van der Waals surface area contributed by atoms with Gasteiger partial charge in [-0.25, -0.2) is 0 Å². The summed E-state index contributed by atoms with van der Waals surface area (Å²) in [7, 11) is 1.66. The minimum absolute atomic E-state index is 0.0286. The van der Waals surface area contributed by atoms with Crippen LogP contribution in [0.15, 0.2) is 28.8 Å². The number of esters is 1. The summed E-state index contributed by atoms with van der Waals surface area (Å²) in [6.45, 7) is 6.85. The van der Waals surface area contributed by atoms with Gasteiger partial charge in [0.2, 0.25) is 0 Å². The minimum Gasteiger partial charge on any atom is -0.461 e. The van der Waals surface area contributed by atoms with Gasteiger partial charge in [0.25, 0.3) is 0 Å². The summed E-state index contributed by atoms with van der Waals surface area (Å²) in [6.07, 6.45) is 1.72. The van der Waals surface area contributed by atoms with Gasteiger partial charge in [-0.05, 0) is 41.0 Å². The second-order valence-electron chi connectivity index (χ2n) is 6.52. The maximum Gasteiger partial charge on any atom is 0.310 e. The number of halogens is 2. The van der Waals surface area contributed by atoms with Gasteiger partial charge in [0, 0.05) is 7.11 Å². The molecule has 1 aromatic rings. The maximum absolute atomic E-state index is 12.3. The van der Waals surface area contributed by atoms with Crippen LogP contribution < -0.4 is 0 Å². The largest absolute Gasteiger partial charge is 0.461 e. The van der Waals surface area contributed by atoms with E-state index in [4.69, 9.17) is 32.7 Å². The van der Waals surface area contributed by atoms with Crippen molar-refractivity contribution in [2.24, 2.45) is 17.3 Å². The molecule has 1 aliphatic carbocycles. The zero-order valence-corrected chi connectivity index (χ0v) is 15.4. The summed E-state index contributed by atoms with van der Waals surface area (Å²) in [5.74, 6) is -0.374. The molecule has 1 aromatic carbocycles. The number of ether oxygens (including phenoxy) is 2. The summed E-state index contributed by atoms with van der Waals surface area (Å²) in [6, 6.07) is 5.93. The van der Waals surface area contributed by atoms with Crippen molar-refractivity contribution in [2.75, 3.05) is 7.11 Å². The maximum atomic E-state index is 12.3. The van der Waals surface area contributed by atoms with Crippen LogP contribution in [0.25, 0.3) is 0 Å². The summed E-state index contributed by atoms with van der Waals surface area (Å²) >= 11 is 11.4. The van der Waals surface area contributed by atoms with Crippen molar-refractivity contribution in [1.29, 1.82) is 0 Å². The molecule has 0 aromatic heterocycles. The van der Waals surface area contributed by atoms with Crippen molar-refractivity contribution < 1.29 is 14.3 Å². The molecule has 126 valence electrons. The van der Waals surface area contributed by atoms with Crippen LogP contribution in [0.2, 0.25) is 0 Å². The molecule has 0 spiro atoms. The quantitative estimate of drug-likeness (QED) is 0.688. The topological polar surface area (TPSA) is 35.5 Å². The first-order valence-electron chi connectivity index (χ1n) is 7.54. The number of benzene rings is 1. The molecular weight excluding hydrogens is 335 g/mol. The van der Waals surface area contributed by atoms with Gasteiger partial charge in [0.15, 0.2) is 0 Å². The SMILES string of the molecule is COCc1cccc(COC(=O)[C@@H]2[C@@H](C=C(Cl)Cl)C2(C)C)c1C. The van der Waals surface area contributed by atoms with Crippen molar-refractivity contribution >= 4 is 29.2 Å². The van der Waals surface area contributed by atoms with Gasteiger partial charge in [-0.15, -0.1) is 0 Å². The number of hydrogen-bond acceptors (Lipinski definition) is 3. The van der Waals surface area contributed by atoms with Crippen molar-refractivity contribution in [3.05, 3.63) is 45.5 Å². The van der Waals surface area contributed by atoms with E-state index in [1.807, 2.05) is 39.0 Å². The number of hydrogen-bond donors (Lipinski definition) is 0. The zero-order chi connectivity index (χ0) is 17.2. The highest BCUT2D eigenvalue weighted by Crippen LogP contribution is 2.60. The normalized spacial score (nSPS) is 21.7. The van der Waals surface area contributed by atoms with E-state index < -0.39 is 0 Å². The molecule has 0 saturated heterocycles. The molecule has 0 aliphatic heterocycles. The molecule has 0 bridgehead atoms. The van der Waals surface area contributed by atoms with Crippen LogP contribution in [-0.2, 0) is 27.5 Å². The molecule has 1 saturated carbocycles. The average molecular weight is 357 g/mol. The van der Waals surface area contributed by atoms with Crippen LogP contribution in [0.4, 0.5) is 0 Å². The Labute approximate surface area is 147 Å². The lowest BCUT2D eigenvalue weighted by Crippen LogP contribution is -2.11. The Morgan fingerprint density at radius 2 is 1.87 bits per heavy atom. The first-order chi connectivity index (χ1) is 10.8. The third-order valence-electron chi connectivity index (χ3n) is 4.70. The van der Waals surface area contributed by atoms with E-state index in [1.54, 1.807) is 13.2 Å². The Bertz CT molecular complexity index is 619. The van der Waals surface area contributed by atoms with Crippen LogP contribution >= 0.6 is 23.2 Å². The molecule has 1 fully saturated rings. The molecule has 0 heterocycles.